The van der Waals surface area contributed by atoms with Crippen LogP contribution in [0.5, 0.6) is 0 Å². The first-order valence-corrected chi connectivity index (χ1v) is 7.35. The van der Waals surface area contributed by atoms with Crippen LogP contribution >= 0.6 is 15.9 Å². The number of hydrogen-bond acceptors (Lipinski definition) is 3. The third-order valence-corrected chi connectivity index (χ3v) is 4.56. The fourth-order valence-electron chi connectivity index (χ4n) is 2.63. The molecule has 2 rings (SSSR count). The Labute approximate surface area is 126 Å². The van der Waals surface area contributed by atoms with E-state index in [0.29, 0.717) is 24.1 Å². The van der Waals surface area contributed by atoms with Crippen LogP contribution in [0.25, 0.3) is 0 Å². The second-order valence-electron chi connectivity index (χ2n) is 4.97. The van der Waals surface area contributed by atoms with E-state index in [1.54, 1.807) is 18.2 Å². The number of nitrogens with zero attached hydrogens (tertiary/aromatic N) is 2. The maximum absolute atomic E-state index is 12.6. The standard InChI is InChI=1S/C15H15BrN2O2/c1-3-15(4-2)8-13(19)18(14(15)20)12-6-5-11(16)7-10(12)9-17/h5-7H,3-4,8H2,1-2H3. The molecule has 104 valence electrons. The molecule has 0 bridgehead atoms. The summed E-state index contributed by atoms with van der Waals surface area (Å²) < 4.78 is 0.745. The van der Waals surface area contributed by atoms with Gasteiger partial charge in [-0.1, -0.05) is 29.8 Å². The Hall–Kier alpha value is -1.67. The molecule has 2 amide bonds. The highest BCUT2D eigenvalue weighted by atomic mass is 79.9. The van der Waals surface area contributed by atoms with E-state index in [2.05, 4.69) is 15.9 Å². The van der Waals surface area contributed by atoms with Crippen molar-refractivity contribution < 1.29 is 9.59 Å². The number of imide groups is 1. The number of benzene rings is 1. The van der Waals surface area contributed by atoms with Gasteiger partial charge in [-0.2, -0.15) is 5.26 Å². The van der Waals surface area contributed by atoms with Crippen molar-refractivity contribution in [1.29, 1.82) is 5.26 Å². The zero-order chi connectivity index (χ0) is 14.9. The molecule has 20 heavy (non-hydrogen) atoms. The van der Waals surface area contributed by atoms with Gasteiger partial charge in [-0.3, -0.25) is 9.59 Å². The molecule has 1 aromatic rings. The number of halogens is 1. The van der Waals surface area contributed by atoms with Crippen LogP contribution in [0.3, 0.4) is 0 Å². The minimum atomic E-state index is -0.614. The summed E-state index contributed by atoms with van der Waals surface area (Å²) in [5.74, 6) is -0.413. The van der Waals surface area contributed by atoms with Crippen molar-refractivity contribution in [3.63, 3.8) is 0 Å². The van der Waals surface area contributed by atoms with Gasteiger partial charge in [-0.15, -0.1) is 0 Å². The Kier molecular flexibility index (Phi) is 3.96. The Balaban J connectivity index is 2.52. The molecular weight excluding hydrogens is 320 g/mol. The molecular formula is C15H15BrN2O2. The lowest BCUT2D eigenvalue weighted by Crippen LogP contribution is -2.35. The molecule has 0 atom stereocenters. The first-order chi connectivity index (χ1) is 9.49. The van der Waals surface area contributed by atoms with E-state index in [-0.39, 0.29) is 18.2 Å². The van der Waals surface area contributed by atoms with E-state index in [9.17, 15) is 14.9 Å². The van der Waals surface area contributed by atoms with E-state index in [1.807, 2.05) is 19.9 Å². The third-order valence-electron chi connectivity index (χ3n) is 4.07. The molecule has 1 aliphatic heterocycles. The highest BCUT2D eigenvalue weighted by Gasteiger charge is 2.50. The van der Waals surface area contributed by atoms with Crippen LogP contribution in [0.1, 0.15) is 38.7 Å². The van der Waals surface area contributed by atoms with Crippen LogP contribution in [0.15, 0.2) is 22.7 Å². The zero-order valence-corrected chi connectivity index (χ0v) is 13.0. The second-order valence-corrected chi connectivity index (χ2v) is 5.89. The zero-order valence-electron chi connectivity index (χ0n) is 11.4. The number of amides is 2. The average molecular weight is 335 g/mol. The van der Waals surface area contributed by atoms with Gasteiger partial charge in [-0.05, 0) is 31.0 Å². The Bertz CT molecular complexity index is 615. The number of carbonyl (C=O) groups excluding carboxylic acids is 2. The first-order valence-electron chi connectivity index (χ1n) is 6.56. The monoisotopic (exact) mass is 334 g/mol. The fraction of sp³-hybridized carbons (Fsp3) is 0.400. The van der Waals surface area contributed by atoms with Crippen molar-refractivity contribution in [1.82, 2.24) is 0 Å². The van der Waals surface area contributed by atoms with Crippen LogP contribution in [0.4, 0.5) is 5.69 Å². The largest absolute Gasteiger partial charge is 0.274 e. The summed E-state index contributed by atoms with van der Waals surface area (Å²) >= 11 is 3.29. The van der Waals surface area contributed by atoms with E-state index in [4.69, 9.17) is 0 Å². The van der Waals surface area contributed by atoms with E-state index in [0.717, 1.165) is 4.47 Å². The normalized spacial score (nSPS) is 17.4. The number of rotatable bonds is 3. The molecule has 1 fully saturated rings. The summed E-state index contributed by atoms with van der Waals surface area (Å²) in [5.41, 5.74) is 0.0928. The van der Waals surface area contributed by atoms with Gasteiger partial charge in [0.15, 0.2) is 0 Å². The number of hydrogen-bond donors (Lipinski definition) is 0. The van der Waals surface area contributed by atoms with Crippen molar-refractivity contribution >= 4 is 33.4 Å². The predicted molar refractivity (Wildman–Crippen MR) is 79.0 cm³/mol. The lowest BCUT2D eigenvalue weighted by molar-refractivity contribution is -0.126. The minimum Gasteiger partial charge on any atom is -0.274 e. The number of carbonyl (C=O) groups is 2. The van der Waals surface area contributed by atoms with Gasteiger partial charge in [0.1, 0.15) is 6.07 Å². The van der Waals surface area contributed by atoms with Gasteiger partial charge in [0.2, 0.25) is 11.8 Å². The maximum atomic E-state index is 12.6. The quantitative estimate of drug-likeness (QED) is 0.796. The number of nitriles is 1. The molecule has 5 heteroatoms. The summed E-state index contributed by atoms with van der Waals surface area (Å²) in [6.07, 6.45) is 1.48. The molecule has 0 aliphatic carbocycles. The third kappa shape index (κ3) is 2.14. The van der Waals surface area contributed by atoms with Crippen molar-refractivity contribution in [2.45, 2.75) is 33.1 Å². The highest BCUT2D eigenvalue weighted by molar-refractivity contribution is 9.10. The SMILES string of the molecule is CCC1(CC)CC(=O)N(c2ccc(Br)cc2C#N)C1=O. The van der Waals surface area contributed by atoms with Gasteiger partial charge in [0.05, 0.1) is 16.7 Å². The molecule has 1 heterocycles. The van der Waals surface area contributed by atoms with Crippen LogP contribution in [-0.2, 0) is 9.59 Å². The molecule has 4 nitrogen and oxygen atoms in total. The molecule has 1 aliphatic rings. The Morgan fingerprint density at radius 2 is 2.00 bits per heavy atom. The van der Waals surface area contributed by atoms with Gasteiger partial charge in [0, 0.05) is 10.9 Å². The molecule has 1 saturated heterocycles. The topological polar surface area (TPSA) is 61.2 Å². The highest BCUT2D eigenvalue weighted by Crippen LogP contribution is 2.42. The van der Waals surface area contributed by atoms with Crippen LogP contribution < -0.4 is 4.90 Å². The lowest BCUT2D eigenvalue weighted by atomic mass is 9.81. The lowest BCUT2D eigenvalue weighted by Gasteiger charge is -2.24. The average Bonchev–Trinajstić information content (AvgIpc) is 2.70. The van der Waals surface area contributed by atoms with E-state index in [1.165, 1.54) is 4.90 Å². The Morgan fingerprint density at radius 3 is 2.50 bits per heavy atom. The van der Waals surface area contributed by atoms with Gasteiger partial charge in [0.25, 0.3) is 0 Å². The molecule has 0 unspecified atom stereocenters. The van der Waals surface area contributed by atoms with E-state index >= 15 is 0 Å². The first kappa shape index (κ1) is 14.7. The van der Waals surface area contributed by atoms with Crippen molar-refractivity contribution in [3.05, 3.63) is 28.2 Å². The molecule has 0 spiro atoms. The van der Waals surface area contributed by atoms with E-state index < -0.39 is 5.41 Å². The molecule has 0 N–H and O–H groups in total. The van der Waals surface area contributed by atoms with Crippen LogP contribution in [0, 0.1) is 16.7 Å². The molecule has 0 aromatic heterocycles. The molecule has 1 aromatic carbocycles. The second kappa shape index (κ2) is 5.37. The van der Waals surface area contributed by atoms with Gasteiger partial charge < -0.3 is 0 Å². The summed E-state index contributed by atoms with van der Waals surface area (Å²) in [5, 5.41) is 9.20. The predicted octanol–water partition coefficient (Wildman–Crippen LogP) is 3.39. The van der Waals surface area contributed by atoms with Crippen molar-refractivity contribution in [2.75, 3.05) is 4.90 Å². The van der Waals surface area contributed by atoms with Gasteiger partial charge >= 0.3 is 0 Å². The van der Waals surface area contributed by atoms with Crippen molar-refractivity contribution in [3.8, 4) is 6.07 Å². The molecule has 0 radical (unpaired) electrons. The van der Waals surface area contributed by atoms with Crippen molar-refractivity contribution in [2.24, 2.45) is 5.41 Å². The number of anilines is 1. The summed E-state index contributed by atoms with van der Waals surface area (Å²) in [7, 11) is 0. The molecule has 0 saturated carbocycles. The van der Waals surface area contributed by atoms with Crippen LogP contribution in [-0.4, -0.2) is 11.8 Å². The summed E-state index contributed by atoms with van der Waals surface area (Å²) in [4.78, 5) is 26.1. The van der Waals surface area contributed by atoms with Gasteiger partial charge in [-0.25, -0.2) is 4.90 Å². The van der Waals surface area contributed by atoms with Crippen LogP contribution in [0.2, 0.25) is 0 Å². The summed E-state index contributed by atoms with van der Waals surface area (Å²) in [6, 6.07) is 7.03. The minimum absolute atomic E-state index is 0.189. The fourth-order valence-corrected chi connectivity index (χ4v) is 2.99. The maximum Gasteiger partial charge on any atom is 0.240 e. The summed E-state index contributed by atoms with van der Waals surface area (Å²) in [6.45, 7) is 3.84. The Morgan fingerprint density at radius 1 is 1.35 bits per heavy atom. The smallest absolute Gasteiger partial charge is 0.240 e.